The third kappa shape index (κ3) is 19.1. The van der Waals surface area contributed by atoms with E-state index in [9.17, 15) is 19.2 Å². The van der Waals surface area contributed by atoms with Gasteiger partial charge in [0.15, 0.2) is 11.6 Å². The number of ether oxygens (including phenoxy) is 2. The van der Waals surface area contributed by atoms with Gasteiger partial charge in [-0.1, -0.05) is 52.0 Å². The highest BCUT2D eigenvalue weighted by Crippen LogP contribution is 2.41. The fourth-order valence-electron chi connectivity index (χ4n) is 4.57. The minimum Gasteiger partial charge on any atom is -0.463 e. The third-order valence-corrected chi connectivity index (χ3v) is 6.74. The summed E-state index contributed by atoms with van der Waals surface area (Å²) >= 11 is 0. The average Bonchev–Trinajstić information content (AvgIpc) is 2.91. The zero-order chi connectivity index (χ0) is 27.8. The second-order valence-electron chi connectivity index (χ2n) is 9.62. The fourth-order valence-corrected chi connectivity index (χ4v) is 4.57. The van der Waals surface area contributed by atoms with Gasteiger partial charge in [0.05, 0.1) is 13.2 Å². The Morgan fingerprint density at radius 3 is 1.16 bits per heavy atom. The molecule has 0 heterocycles. The number of rotatable bonds is 26. The molecule has 0 atom stereocenters. The maximum Gasteiger partial charge on any atom is 0.330 e. The average molecular weight is 517 g/mol. The predicted molar refractivity (Wildman–Crippen MR) is 149 cm³/mol. The van der Waals surface area contributed by atoms with Crippen LogP contribution in [0, 0.1) is 5.41 Å². The van der Waals surface area contributed by atoms with Crippen LogP contribution in [-0.4, -0.2) is 36.7 Å². The monoisotopic (exact) mass is 516 g/mol. The lowest BCUT2D eigenvalue weighted by Crippen LogP contribution is -2.22. The normalized spacial score (nSPS) is 10.8. The molecule has 0 rings (SSSR count). The van der Waals surface area contributed by atoms with Crippen LogP contribution in [-0.2, 0) is 28.7 Å². The number of unbranched alkanes of at least 4 members (excludes halogenated alkanes) is 6. The molecule has 0 aromatic rings. The van der Waals surface area contributed by atoms with Crippen LogP contribution in [0.5, 0.6) is 0 Å². The van der Waals surface area contributed by atoms with Crippen molar-refractivity contribution in [2.45, 2.75) is 103 Å². The molecule has 0 spiro atoms. The summed E-state index contributed by atoms with van der Waals surface area (Å²) in [5.74, 6) is -0.626. The van der Waals surface area contributed by atoms with Crippen molar-refractivity contribution in [1.82, 2.24) is 0 Å². The SMILES string of the molecule is C=CC(=O)CCCCCC(CCCCCC(=O)C=C)(CCCCOC(=O)C=C)CCCCOC(=O)C=C. The van der Waals surface area contributed by atoms with Gasteiger partial charge in [0, 0.05) is 25.0 Å². The van der Waals surface area contributed by atoms with Gasteiger partial charge in [-0.2, -0.15) is 0 Å². The largest absolute Gasteiger partial charge is 0.463 e. The highest BCUT2D eigenvalue weighted by atomic mass is 16.5. The summed E-state index contributed by atoms with van der Waals surface area (Å²) in [5, 5.41) is 0. The lowest BCUT2D eigenvalue weighted by Gasteiger charge is -2.35. The minimum atomic E-state index is -0.400. The molecule has 0 unspecified atom stereocenters. The first-order chi connectivity index (χ1) is 17.8. The number of carbonyl (C=O) groups is 4. The van der Waals surface area contributed by atoms with E-state index in [0.717, 1.165) is 89.9 Å². The quantitative estimate of drug-likeness (QED) is 0.0687. The molecule has 6 heteroatoms. The van der Waals surface area contributed by atoms with Crippen LogP contribution in [0.3, 0.4) is 0 Å². The van der Waals surface area contributed by atoms with Crippen LogP contribution < -0.4 is 0 Å². The topological polar surface area (TPSA) is 86.7 Å². The maximum atomic E-state index is 11.6. The summed E-state index contributed by atoms with van der Waals surface area (Å²) in [6, 6.07) is 0. The van der Waals surface area contributed by atoms with Crippen molar-refractivity contribution in [2.75, 3.05) is 13.2 Å². The van der Waals surface area contributed by atoms with Gasteiger partial charge in [-0.15, -0.1) is 0 Å². The fraction of sp³-hybridized carbons (Fsp3) is 0.613. The first kappa shape index (κ1) is 34.2. The Bertz CT molecular complexity index is 610. The molecule has 0 bridgehead atoms. The molecule has 6 nitrogen and oxygen atoms in total. The number of hydrogen-bond acceptors (Lipinski definition) is 6. The number of hydrogen-bond donors (Lipinski definition) is 0. The summed E-state index contributed by atoms with van der Waals surface area (Å²) in [4.78, 5) is 45.8. The first-order valence-electron chi connectivity index (χ1n) is 13.7. The molecular formula is C31H48O6. The van der Waals surface area contributed by atoms with E-state index >= 15 is 0 Å². The van der Waals surface area contributed by atoms with Gasteiger partial charge < -0.3 is 9.47 Å². The standard InChI is InChI=1S/C31H48O6/c1-5-27(32)19-11-9-13-21-31(22-14-10-12-20-28(33)6-2,23-15-17-25-36-29(34)7-3)24-16-18-26-37-30(35)8-4/h5-8H,1-4,9-26H2. The van der Waals surface area contributed by atoms with Crippen molar-refractivity contribution in [3.8, 4) is 0 Å². The molecule has 208 valence electrons. The van der Waals surface area contributed by atoms with E-state index in [0.29, 0.717) is 26.1 Å². The molecule has 0 aliphatic heterocycles. The number of esters is 2. The minimum absolute atomic E-state index is 0.0866. The van der Waals surface area contributed by atoms with Gasteiger partial charge in [-0.25, -0.2) is 9.59 Å². The smallest absolute Gasteiger partial charge is 0.330 e. The Labute approximate surface area is 224 Å². The predicted octanol–water partition coefficient (Wildman–Crippen LogP) is 7.18. The van der Waals surface area contributed by atoms with Crippen LogP contribution in [0.25, 0.3) is 0 Å². The molecule has 0 radical (unpaired) electrons. The number of allylic oxidation sites excluding steroid dienone is 2. The van der Waals surface area contributed by atoms with Crippen LogP contribution in [0.4, 0.5) is 0 Å². The highest BCUT2D eigenvalue weighted by molar-refractivity contribution is 5.89. The number of carbonyl (C=O) groups excluding carboxylic acids is 4. The lowest BCUT2D eigenvalue weighted by molar-refractivity contribution is -0.138. The third-order valence-electron chi connectivity index (χ3n) is 6.74. The Balaban J connectivity index is 5.11. The van der Waals surface area contributed by atoms with Crippen molar-refractivity contribution in [2.24, 2.45) is 5.41 Å². The Hall–Kier alpha value is -2.76. The molecule has 0 saturated heterocycles. The second kappa shape index (κ2) is 22.4. The summed E-state index contributed by atoms with van der Waals surface area (Å²) in [5.41, 5.74) is 0.121. The summed E-state index contributed by atoms with van der Waals surface area (Å²) in [7, 11) is 0. The molecule has 0 amide bonds. The van der Waals surface area contributed by atoms with Gasteiger partial charge in [0.1, 0.15) is 0 Å². The van der Waals surface area contributed by atoms with Crippen LogP contribution in [0.2, 0.25) is 0 Å². The van der Waals surface area contributed by atoms with E-state index in [1.165, 1.54) is 24.3 Å². The van der Waals surface area contributed by atoms with Gasteiger partial charge in [-0.3, -0.25) is 9.59 Å². The lowest BCUT2D eigenvalue weighted by atomic mass is 9.71. The summed E-state index contributed by atoms with van der Waals surface area (Å²) in [6.45, 7) is 14.7. The molecular weight excluding hydrogens is 468 g/mol. The molecule has 0 fully saturated rings. The van der Waals surface area contributed by atoms with Crippen molar-refractivity contribution in [1.29, 1.82) is 0 Å². The molecule has 0 N–H and O–H groups in total. The Morgan fingerprint density at radius 2 is 0.838 bits per heavy atom. The number of ketones is 2. The van der Waals surface area contributed by atoms with Gasteiger partial charge in [-0.05, 0) is 81.8 Å². The molecule has 0 aromatic heterocycles. The van der Waals surface area contributed by atoms with E-state index in [1.54, 1.807) is 0 Å². The second-order valence-corrected chi connectivity index (χ2v) is 9.62. The molecule has 0 aliphatic rings. The molecule has 0 aliphatic carbocycles. The molecule has 0 saturated carbocycles. The van der Waals surface area contributed by atoms with Gasteiger partial charge in [0.2, 0.25) is 0 Å². The Kier molecular flexibility index (Phi) is 20.8. The first-order valence-corrected chi connectivity index (χ1v) is 13.7. The van der Waals surface area contributed by atoms with E-state index < -0.39 is 11.9 Å². The molecule has 37 heavy (non-hydrogen) atoms. The van der Waals surface area contributed by atoms with Crippen molar-refractivity contribution < 1.29 is 28.7 Å². The van der Waals surface area contributed by atoms with Crippen molar-refractivity contribution >= 4 is 23.5 Å². The van der Waals surface area contributed by atoms with E-state index in [4.69, 9.17) is 9.47 Å². The maximum absolute atomic E-state index is 11.6. The Morgan fingerprint density at radius 1 is 0.486 bits per heavy atom. The van der Waals surface area contributed by atoms with E-state index in [-0.39, 0.29) is 17.0 Å². The van der Waals surface area contributed by atoms with Crippen LogP contribution in [0.15, 0.2) is 50.6 Å². The summed E-state index contributed by atoms with van der Waals surface area (Å²) < 4.78 is 10.3. The van der Waals surface area contributed by atoms with Crippen molar-refractivity contribution in [3.05, 3.63) is 50.6 Å². The zero-order valence-corrected chi connectivity index (χ0v) is 22.8. The van der Waals surface area contributed by atoms with Gasteiger partial charge in [0.25, 0.3) is 0 Å². The van der Waals surface area contributed by atoms with E-state index in [2.05, 4.69) is 26.3 Å². The highest BCUT2D eigenvalue weighted by Gasteiger charge is 2.28. The van der Waals surface area contributed by atoms with Crippen LogP contribution >= 0.6 is 0 Å². The zero-order valence-electron chi connectivity index (χ0n) is 22.8. The molecule has 0 aromatic carbocycles. The summed E-state index contributed by atoms with van der Waals surface area (Å²) in [6.07, 6.45) is 19.6. The van der Waals surface area contributed by atoms with Gasteiger partial charge >= 0.3 is 11.9 Å². The van der Waals surface area contributed by atoms with E-state index in [1.807, 2.05) is 0 Å². The van der Waals surface area contributed by atoms with Crippen molar-refractivity contribution in [3.63, 3.8) is 0 Å². The van der Waals surface area contributed by atoms with Crippen LogP contribution in [0.1, 0.15) is 103 Å².